The monoisotopic (exact) mass is 280 g/mol. The summed E-state index contributed by atoms with van der Waals surface area (Å²) in [6.45, 7) is 6.89. The Kier molecular flexibility index (Phi) is 4.01. The smallest absolute Gasteiger partial charge is 0.330 e. The molecule has 6 nitrogen and oxygen atoms in total. The predicted octanol–water partition coefficient (Wildman–Crippen LogP) is 3.54. The van der Waals surface area contributed by atoms with Crippen LogP contribution in [0.1, 0.15) is 58.9 Å². The van der Waals surface area contributed by atoms with Gasteiger partial charge in [-0.25, -0.2) is 4.68 Å². The summed E-state index contributed by atoms with van der Waals surface area (Å²) < 4.78 is 1.65. The zero-order valence-electron chi connectivity index (χ0n) is 12.5. The maximum absolute atomic E-state index is 10.8. The number of nitrogens with two attached hydrogens (primary N) is 1. The van der Waals surface area contributed by atoms with Gasteiger partial charge in [0.15, 0.2) is 0 Å². The van der Waals surface area contributed by atoms with Gasteiger partial charge in [0.1, 0.15) is 6.20 Å². The highest BCUT2D eigenvalue weighted by atomic mass is 16.6. The van der Waals surface area contributed by atoms with Crippen LogP contribution < -0.4 is 5.73 Å². The molecule has 1 aliphatic rings. The van der Waals surface area contributed by atoms with Crippen molar-refractivity contribution in [2.75, 3.05) is 5.73 Å². The topological polar surface area (TPSA) is 87.0 Å². The maximum Gasteiger partial charge on any atom is 0.330 e. The van der Waals surface area contributed by atoms with Gasteiger partial charge in [-0.1, -0.05) is 27.2 Å². The van der Waals surface area contributed by atoms with Gasteiger partial charge in [-0.15, -0.1) is 0 Å². The predicted molar refractivity (Wildman–Crippen MR) is 78.4 cm³/mol. The molecular weight excluding hydrogens is 256 g/mol. The van der Waals surface area contributed by atoms with Crippen LogP contribution in [-0.4, -0.2) is 14.7 Å². The molecule has 2 rings (SSSR count). The molecular formula is C14H24N4O2. The van der Waals surface area contributed by atoms with Gasteiger partial charge in [-0.05, 0) is 37.0 Å². The summed E-state index contributed by atoms with van der Waals surface area (Å²) in [5, 5.41) is 14.9. The molecule has 0 unspecified atom stereocenters. The van der Waals surface area contributed by atoms with Crippen molar-refractivity contribution < 1.29 is 4.92 Å². The number of aromatic nitrogens is 2. The number of nitrogens with zero attached hydrogens (tertiary/aromatic N) is 3. The second-order valence-corrected chi connectivity index (χ2v) is 6.46. The Morgan fingerprint density at radius 2 is 2.05 bits per heavy atom. The molecule has 112 valence electrons. The molecule has 2 N–H and O–H groups in total. The van der Waals surface area contributed by atoms with Crippen molar-refractivity contribution >= 4 is 11.5 Å². The first-order chi connectivity index (χ1) is 9.36. The highest BCUT2D eigenvalue weighted by Gasteiger charge is 2.33. The first kappa shape index (κ1) is 14.8. The second kappa shape index (κ2) is 5.42. The molecule has 1 aromatic heterocycles. The first-order valence-corrected chi connectivity index (χ1v) is 7.34. The van der Waals surface area contributed by atoms with Gasteiger partial charge in [0.05, 0.1) is 11.0 Å². The molecule has 0 aromatic carbocycles. The summed E-state index contributed by atoms with van der Waals surface area (Å²) in [6, 6.07) is 0.201. The SMILES string of the molecule is CCC(C)(C)C1CCC(n2ncc([N+](=O)[O-])c2N)CC1. The van der Waals surface area contributed by atoms with Gasteiger partial charge in [0.2, 0.25) is 5.82 Å². The average molecular weight is 280 g/mol. The van der Waals surface area contributed by atoms with E-state index < -0.39 is 4.92 Å². The van der Waals surface area contributed by atoms with E-state index >= 15 is 0 Å². The van der Waals surface area contributed by atoms with Crippen molar-refractivity contribution in [1.29, 1.82) is 0 Å². The van der Waals surface area contributed by atoms with E-state index in [0.29, 0.717) is 5.41 Å². The van der Waals surface area contributed by atoms with Crippen LogP contribution in [0.2, 0.25) is 0 Å². The number of hydrogen-bond acceptors (Lipinski definition) is 4. The number of rotatable bonds is 4. The Morgan fingerprint density at radius 3 is 2.50 bits per heavy atom. The molecule has 0 amide bonds. The minimum Gasteiger partial charge on any atom is -0.378 e. The van der Waals surface area contributed by atoms with Gasteiger partial charge in [-0.3, -0.25) is 10.1 Å². The van der Waals surface area contributed by atoms with Crippen LogP contribution >= 0.6 is 0 Å². The molecule has 1 heterocycles. The van der Waals surface area contributed by atoms with Crippen LogP contribution in [0.15, 0.2) is 6.20 Å². The fraction of sp³-hybridized carbons (Fsp3) is 0.786. The molecule has 0 saturated heterocycles. The number of anilines is 1. The van der Waals surface area contributed by atoms with E-state index in [0.717, 1.165) is 31.6 Å². The lowest BCUT2D eigenvalue weighted by Gasteiger charge is -2.39. The Morgan fingerprint density at radius 1 is 1.45 bits per heavy atom. The normalized spacial score (nSPS) is 23.8. The molecule has 1 fully saturated rings. The van der Waals surface area contributed by atoms with Crippen LogP contribution in [0.5, 0.6) is 0 Å². The molecule has 0 spiro atoms. The third-order valence-electron chi connectivity index (χ3n) is 5.07. The molecule has 1 aliphatic carbocycles. The van der Waals surface area contributed by atoms with E-state index in [4.69, 9.17) is 5.73 Å². The van der Waals surface area contributed by atoms with E-state index in [1.165, 1.54) is 12.6 Å². The number of nitro groups is 1. The van der Waals surface area contributed by atoms with Gasteiger partial charge in [0.25, 0.3) is 0 Å². The van der Waals surface area contributed by atoms with Crippen molar-refractivity contribution in [1.82, 2.24) is 9.78 Å². The van der Waals surface area contributed by atoms with Crippen molar-refractivity contribution in [2.24, 2.45) is 11.3 Å². The van der Waals surface area contributed by atoms with Gasteiger partial charge in [-0.2, -0.15) is 5.10 Å². The number of hydrogen-bond donors (Lipinski definition) is 1. The van der Waals surface area contributed by atoms with Crippen molar-refractivity contribution in [2.45, 2.75) is 58.9 Å². The Hall–Kier alpha value is -1.59. The van der Waals surface area contributed by atoms with E-state index in [-0.39, 0.29) is 17.5 Å². The summed E-state index contributed by atoms with van der Waals surface area (Å²) in [6.07, 6.45) is 6.71. The van der Waals surface area contributed by atoms with Crippen molar-refractivity contribution in [3.05, 3.63) is 16.3 Å². The highest BCUT2D eigenvalue weighted by molar-refractivity contribution is 5.51. The highest BCUT2D eigenvalue weighted by Crippen LogP contribution is 2.44. The zero-order chi connectivity index (χ0) is 14.9. The number of nitrogen functional groups attached to an aromatic ring is 1. The summed E-state index contributed by atoms with van der Waals surface area (Å²) in [5.41, 5.74) is 6.13. The maximum atomic E-state index is 10.8. The molecule has 20 heavy (non-hydrogen) atoms. The molecule has 1 saturated carbocycles. The largest absolute Gasteiger partial charge is 0.378 e. The standard InChI is InChI=1S/C14H24N4O2/c1-4-14(2,3)10-5-7-11(8-6-10)17-13(15)12(9-16-17)18(19)20/h9-11H,4-8,15H2,1-3H3. The van der Waals surface area contributed by atoms with Gasteiger partial charge < -0.3 is 5.73 Å². The summed E-state index contributed by atoms with van der Waals surface area (Å²) in [4.78, 5) is 10.3. The third kappa shape index (κ3) is 2.64. The van der Waals surface area contributed by atoms with Gasteiger partial charge in [0, 0.05) is 0 Å². The minimum absolute atomic E-state index is 0.0824. The molecule has 0 bridgehead atoms. The van der Waals surface area contributed by atoms with E-state index in [2.05, 4.69) is 25.9 Å². The van der Waals surface area contributed by atoms with Gasteiger partial charge >= 0.3 is 5.69 Å². The fourth-order valence-corrected chi connectivity index (χ4v) is 3.18. The third-order valence-corrected chi connectivity index (χ3v) is 5.07. The average Bonchev–Trinajstić information content (AvgIpc) is 2.81. The minimum atomic E-state index is -0.468. The lowest BCUT2D eigenvalue weighted by molar-refractivity contribution is -0.384. The van der Waals surface area contributed by atoms with Crippen LogP contribution in [0.25, 0.3) is 0 Å². The molecule has 0 aliphatic heterocycles. The van der Waals surface area contributed by atoms with E-state index in [1.807, 2.05) is 0 Å². The van der Waals surface area contributed by atoms with Crippen LogP contribution in [-0.2, 0) is 0 Å². The Balaban J connectivity index is 2.06. The lowest BCUT2D eigenvalue weighted by Crippen LogP contribution is -2.29. The van der Waals surface area contributed by atoms with Crippen molar-refractivity contribution in [3.8, 4) is 0 Å². The van der Waals surface area contributed by atoms with Crippen LogP contribution in [0.3, 0.4) is 0 Å². The van der Waals surface area contributed by atoms with Crippen LogP contribution in [0, 0.1) is 21.4 Å². The summed E-state index contributed by atoms with van der Waals surface area (Å²) >= 11 is 0. The second-order valence-electron chi connectivity index (χ2n) is 6.46. The fourth-order valence-electron chi connectivity index (χ4n) is 3.18. The zero-order valence-corrected chi connectivity index (χ0v) is 12.5. The van der Waals surface area contributed by atoms with Crippen LogP contribution in [0.4, 0.5) is 11.5 Å². The molecule has 0 atom stereocenters. The van der Waals surface area contributed by atoms with E-state index in [1.54, 1.807) is 4.68 Å². The summed E-state index contributed by atoms with van der Waals surface area (Å²) in [7, 11) is 0. The molecule has 6 heteroatoms. The Labute approximate surface area is 119 Å². The van der Waals surface area contributed by atoms with Crippen molar-refractivity contribution in [3.63, 3.8) is 0 Å². The van der Waals surface area contributed by atoms with E-state index in [9.17, 15) is 10.1 Å². The molecule has 1 aromatic rings. The quantitative estimate of drug-likeness (QED) is 0.675. The Bertz CT molecular complexity index is 487. The summed E-state index contributed by atoms with van der Waals surface area (Å²) in [5.74, 6) is 0.906. The lowest BCUT2D eigenvalue weighted by atomic mass is 9.69. The first-order valence-electron chi connectivity index (χ1n) is 7.34. The molecule has 0 radical (unpaired) electrons.